The van der Waals surface area contributed by atoms with Gasteiger partial charge in [-0.15, -0.1) is 0 Å². The topological polar surface area (TPSA) is 110 Å². The summed E-state index contributed by atoms with van der Waals surface area (Å²) in [7, 11) is 1.59. The van der Waals surface area contributed by atoms with Crippen LogP contribution in [0.5, 0.6) is 0 Å². The van der Waals surface area contributed by atoms with Gasteiger partial charge in [-0.05, 0) is 48.6 Å². The Labute approximate surface area is 185 Å². The van der Waals surface area contributed by atoms with Gasteiger partial charge in [0.05, 0.1) is 18.2 Å². The molecule has 9 heteroatoms. The number of carbonyl (C=O) groups is 1. The minimum atomic E-state index is -0.333. The van der Waals surface area contributed by atoms with Gasteiger partial charge in [-0.25, -0.2) is 0 Å². The van der Waals surface area contributed by atoms with Crippen LogP contribution in [-0.2, 0) is 22.5 Å². The second kappa shape index (κ2) is 8.23. The number of nitrogens with zero attached hydrogens (tertiary/aromatic N) is 3. The van der Waals surface area contributed by atoms with E-state index in [2.05, 4.69) is 10.2 Å². The van der Waals surface area contributed by atoms with E-state index in [1.165, 1.54) is 0 Å². The number of aromatic nitrogens is 1. The third-order valence-electron chi connectivity index (χ3n) is 7.15. The van der Waals surface area contributed by atoms with Crippen LogP contribution in [0.1, 0.15) is 23.6 Å². The molecular weight excluding hydrogens is 412 g/mol. The van der Waals surface area contributed by atoms with E-state index in [-0.39, 0.29) is 46.2 Å². The lowest BCUT2D eigenvalue weighted by molar-refractivity contribution is -0.126. The number of fused-ring (bicyclic) bond motifs is 8. The van der Waals surface area contributed by atoms with Crippen molar-refractivity contribution in [3.8, 4) is 0 Å². The molecule has 1 saturated heterocycles. The maximum absolute atomic E-state index is 13.2. The van der Waals surface area contributed by atoms with E-state index in [0.717, 1.165) is 23.4 Å². The van der Waals surface area contributed by atoms with Crippen molar-refractivity contribution < 1.29 is 14.7 Å². The van der Waals surface area contributed by atoms with Crippen molar-refractivity contribution in [3.63, 3.8) is 0 Å². The van der Waals surface area contributed by atoms with Crippen molar-refractivity contribution in [2.75, 3.05) is 36.9 Å². The van der Waals surface area contributed by atoms with E-state index >= 15 is 0 Å². The number of pyridine rings is 1. The van der Waals surface area contributed by atoms with Gasteiger partial charge in [-0.3, -0.25) is 14.8 Å². The molecule has 32 heavy (non-hydrogen) atoms. The van der Waals surface area contributed by atoms with Crippen LogP contribution >= 0.6 is 0 Å². The van der Waals surface area contributed by atoms with Crippen molar-refractivity contribution in [1.82, 2.24) is 9.88 Å². The third-order valence-corrected chi connectivity index (χ3v) is 7.15. The quantitative estimate of drug-likeness (QED) is 0.536. The predicted octanol–water partition coefficient (Wildman–Crippen LogP) is 1.47. The second-order valence-corrected chi connectivity index (χ2v) is 8.92. The number of nitrogens with one attached hydrogen (secondary N) is 1. The molecule has 5 rings (SSSR count). The van der Waals surface area contributed by atoms with Crippen molar-refractivity contribution in [2.45, 2.75) is 31.3 Å². The molecule has 0 saturated carbocycles. The van der Waals surface area contributed by atoms with Gasteiger partial charge < -0.3 is 30.0 Å². The fraction of sp³-hybridized carbons (Fsp3) is 0.478. The van der Waals surface area contributed by atoms with Gasteiger partial charge in [0.15, 0.2) is 0 Å². The smallest absolute Gasteiger partial charge is 0.250 e. The summed E-state index contributed by atoms with van der Waals surface area (Å²) in [6.07, 6.45) is 1.40. The lowest BCUT2D eigenvalue weighted by Gasteiger charge is -2.54. The second-order valence-electron chi connectivity index (χ2n) is 8.92. The molecule has 2 bridgehead atoms. The number of anilines is 2. The summed E-state index contributed by atoms with van der Waals surface area (Å²) in [5, 5.41) is 23.7. The van der Waals surface area contributed by atoms with Crippen molar-refractivity contribution >= 4 is 17.3 Å². The number of benzene rings is 1. The summed E-state index contributed by atoms with van der Waals surface area (Å²) in [6.45, 7) is 2.13. The maximum atomic E-state index is 13.2. The first kappa shape index (κ1) is 21.0. The monoisotopic (exact) mass is 439 g/mol. The Morgan fingerprint density at radius 2 is 2.16 bits per heavy atom. The van der Waals surface area contributed by atoms with Gasteiger partial charge in [-0.2, -0.15) is 0 Å². The first-order valence-electron chi connectivity index (χ1n) is 11.0. The molecule has 1 fully saturated rings. The summed E-state index contributed by atoms with van der Waals surface area (Å²) in [5.74, 6) is -0.0437. The van der Waals surface area contributed by atoms with E-state index in [4.69, 9.17) is 4.74 Å². The van der Waals surface area contributed by atoms with Gasteiger partial charge in [0.25, 0.3) is 5.56 Å². The number of methoxy groups -OCH3 is 1. The number of piperidine rings is 1. The van der Waals surface area contributed by atoms with Gasteiger partial charge in [-0.1, -0.05) is 6.07 Å². The molecule has 4 heterocycles. The summed E-state index contributed by atoms with van der Waals surface area (Å²) in [5.41, 5.74) is 3.05. The van der Waals surface area contributed by atoms with Crippen molar-refractivity contribution in [2.24, 2.45) is 11.8 Å². The van der Waals surface area contributed by atoms with Gasteiger partial charge in [0.2, 0.25) is 5.91 Å². The average Bonchev–Trinajstić information content (AvgIpc) is 2.79. The number of rotatable bonds is 5. The Balaban J connectivity index is 1.55. The average molecular weight is 439 g/mol. The standard InChI is InChI=1S/C23H27N4O5/c1-32-8-7-24-23(29)18-11-14-10-17(27(30)31)5-6-20(14)26-12-15-9-16(22(18)26)13-25-19(15)3-2-4-21(25)28/h2-6,10,15-16,18,22,30H,7-9,11-13H2,1H3,(H,24,29)/q-1. The highest BCUT2D eigenvalue weighted by molar-refractivity contribution is 5.82. The van der Waals surface area contributed by atoms with Crippen LogP contribution in [0.25, 0.3) is 0 Å². The molecule has 4 atom stereocenters. The van der Waals surface area contributed by atoms with Crippen LogP contribution in [0.4, 0.5) is 11.4 Å². The summed E-state index contributed by atoms with van der Waals surface area (Å²) in [6, 6.07) is 10.5. The fourth-order valence-electron chi connectivity index (χ4n) is 5.86. The minimum Gasteiger partial charge on any atom is -0.733 e. The molecule has 9 nitrogen and oxygen atoms in total. The Morgan fingerprint density at radius 3 is 2.94 bits per heavy atom. The van der Waals surface area contributed by atoms with E-state index in [0.29, 0.717) is 32.7 Å². The number of ether oxygens (including phenoxy) is 1. The summed E-state index contributed by atoms with van der Waals surface area (Å²) >= 11 is 0. The predicted molar refractivity (Wildman–Crippen MR) is 119 cm³/mol. The Morgan fingerprint density at radius 1 is 1.31 bits per heavy atom. The fourth-order valence-corrected chi connectivity index (χ4v) is 5.86. The van der Waals surface area contributed by atoms with Gasteiger partial charge in [0, 0.05) is 56.2 Å². The van der Waals surface area contributed by atoms with E-state index in [9.17, 15) is 20.0 Å². The molecule has 170 valence electrons. The minimum absolute atomic E-state index is 0.00563. The van der Waals surface area contributed by atoms with Crippen LogP contribution in [0.2, 0.25) is 0 Å². The SMILES string of the molecule is COCCNC(=O)C1Cc2cc(N([O-])O)ccc2N2CC3CC(Cn4c3cccc4=O)C12. The van der Waals surface area contributed by atoms with Crippen molar-refractivity contribution in [1.29, 1.82) is 0 Å². The number of carbonyl (C=O) groups excluding carboxylic acids is 1. The Bertz CT molecular complexity index is 1080. The Hall–Kier alpha value is -2.88. The largest absolute Gasteiger partial charge is 0.733 e. The van der Waals surface area contributed by atoms with Crippen LogP contribution < -0.4 is 21.0 Å². The molecule has 1 aromatic heterocycles. The first-order chi connectivity index (χ1) is 15.5. The molecule has 1 aromatic carbocycles. The number of hydrogen-bond donors (Lipinski definition) is 2. The highest BCUT2D eigenvalue weighted by Gasteiger charge is 2.49. The van der Waals surface area contributed by atoms with E-state index in [1.807, 2.05) is 22.8 Å². The zero-order valence-electron chi connectivity index (χ0n) is 17.9. The molecule has 2 N–H and O–H groups in total. The number of hydrogen-bond acceptors (Lipinski definition) is 7. The van der Waals surface area contributed by atoms with Crippen LogP contribution in [0.15, 0.2) is 41.2 Å². The molecule has 0 radical (unpaired) electrons. The molecule has 0 aliphatic carbocycles. The molecule has 4 unspecified atom stereocenters. The van der Waals surface area contributed by atoms with E-state index < -0.39 is 0 Å². The molecule has 1 amide bonds. The van der Waals surface area contributed by atoms with Crippen LogP contribution in [0.3, 0.4) is 0 Å². The van der Waals surface area contributed by atoms with E-state index in [1.54, 1.807) is 25.3 Å². The molecule has 3 aliphatic rings. The third kappa shape index (κ3) is 3.46. The van der Waals surface area contributed by atoms with Crippen LogP contribution in [0, 0.1) is 17.0 Å². The molecule has 3 aliphatic heterocycles. The lowest BCUT2D eigenvalue weighted by atomic mass is 9.70. The summed E-state index contributed by atoms with van der Waals surface area (Å²) in [4.78, 5) is 28.1. The van der Waals surface area contributed by atoms with Crippen molar-refractivity contribution in [3.05, 3.63) is 63.2 Å². The van der Waals surface area contributed by atoms with Gasteiger partial charge in [0.1, 0.15) is 0 Å². The Kier molecular flexibility index (Phi) is 5.40. The normalized spacial score (nSPS) is 25.4. The lowest BCUT2D eigenvalue weighted by Crippen LogP contribution is -2.61. The first-order valence-corrected chi connectivity index (χ1v) is 11.0. The molecular formula is C23H27N4O5-. The molecule has 0 spiro atoms. The number of amides is 1. The highest BCUT2D eigenvalue weighted by Crippen LogP contribution is 2.47. The summed E-state index contributed by atoms with van der Waals surface area (Å²) < 4.78 is 6.94. The zero-order chi connectivity index (χ0) is 22.4. The molecule has 2 aromatic rings. The zero-order valence-corrected chi connectivity index (χ0v) is 17.9. The van der Waals surface area contributed by atoms with Crippen LogP contribution in [-0.4, -0.2) is 48.5 Å². The maximum Gasteiger partial charge on any atom is 0.250 e. The highest BCUT2D eigenvalue weighted by atomic mass is 16.8. The van der Waals surface area contributed by atoms with Gasteiger partial charge >= 0.3 is 0 Å².